The first-order valence-corrected chi connectivity index (χ1v) is 7.60. The maximum Gasteiger partial charge on any atom is 0.240 e. The van der Waals surface area contributed by atoms with Crippen molar-refractivity contribution in [1.29, 1.82) is 0 Å². The summed E-state index contributed by atoms with van der Waals surface area (Å²) in [6.07, 6.45) is 0.803. The highest BCUT2D eigenvalue weighted by atomic mass is 35.5. The molecule has 96 valence electrons. The molecule has 3 nitrogen and oxygen atoms in total. The van der Waals surface area contributed by atoms with Gasteiger partial charge < -0.3 is 0 Å². The molecule has 0 aromatic heterocycles. The zero-order chi connectivity index (χ0) is 12.9. The number of aryl methyl sites for hydroxylation is 1. The highest BCUT2D eigenvalue weighted by molar-refractivity contribution is 7.89. The summed E-state index contributed by atoms with van der Waals surface area (Å²) in [7, 11) is -3.39. The van der Waals surface area contributed by atoms with Gasteiger partial charge in [0.1, 0.15) is 0 Å². The minimum Gasteiger partial charge on any atom is -0.211 e. The Labute approximate surface area is 108 Å². The number of hydrogen-bond donors (Lipinski definition) is 1. The molecule has 1 rings (SSSR count). The van der Waals surface area contributed by atoms with Gasteiger partial charge in [-0.2, -0.15) is 0 Å². The lowest BCUT2D eigenvalue weighted by Crippen LogP contribution is -2.28. The van der Waals surface area contributed by atoms with Crippen LogP contribution in [0, 0.1) is 12.8 Å². The van der Waals surface area contributed by atoms with Gasteiger partial charge in [0.05, 0.1) is 4.90 Å². The Balaban J connectivity index is 2.69. The molecule has 0 amide bonds. The second kappa shape index (κ2) is 6.38. The molecule has 1 N–H and O–H groups in total. The van der Waals surface area contributed by atoms with Crippen LogP contribution >= 0.6 is 11.6 Å². The summed E-state index contributed by atoms with van der Waals surface area (Å²) in [5, 5.41) is 0. The topological polar surface area (TPSA) is 46.2 Å². The van der Waals surface area contributed by atoms with Crippen molar-refractivity contribution in [3.05, 3.63) is 29.8 Å². The van der Waals surface area contributed by atoms with Crippen LogP contribution in [0.5, 0.6) is 0 Å². The smallest absolute Gasteiger partial charge is 0.211 e. The van der Waals surface area contributed by atoms with Crippen LogP contribution < -0.4 is 4.72 Å². The van der Waals surface area contributed by atoms with E-state index in [1.165, 1.54) is 0 Å². The maximum absolute atomic E-state index is 11.9. The third-order valence-electron chi connectivity index (χ3n) is 2.52. The molecule has 0 aliphatic rings. The largest absolute Gasteiger partial charge is 0.240 e. The molecular weight excluding hydrogens is 258 g/mol. The summed E-state index contributed by atoms with van der Waals surface area (Å²) in [5.41, 5.74) is 0.932. The predicted molar refractivity (Wildman–Crippen MR) is 70.9 cm³/mol. The average Bonchev–Trinajstić information content (AvgIpc) is 2.27. The molecule has 0 saturated heterocycles. The van der Waals surface area contributed by atoms with Crippen molar-refractivity contribution in [2.45, 2.75) is 25.2 Å². The molecule has 17 heavy (non-hydrogen) atoms. The summed E-state index contributed by atoms with van der Waals surface area (Å²) < 4.78 is 26.5. The SMILES string of the molecule is Cc1cccc(S(=O)(=O)NCC(C)CCCl)c1. The molecule has 0 spiro atoms. The monoisotopic (exact) mass is 275 g/mol. The van der Waals surface area contributed by atoms with E-state index in [9.17, 15) is 8.42 Å². The first-order chi connectivity index (χ1) is 7.95. The van der Waals surface area contributed by atoms with E-state index in [1.807, 2.05) is 19.9 Å². The number of rotatable bonds is 6. The second-order valence-electron chi connectivity index (χ2n) is 4.25. The van der Waals surface area contributed by atoms with Crippen molar-refractivity contribution in [3.63, 3.8) is 0 Å². The van der Waals surface area contributed by atoms with E-state index in [0.717, 1.165) is 12.0 Å². The van der Waals surface area contributed by atoms with E-state index in [1.54, 1.807) is 18.2 Å². The van der Waals surface area contributed by atoms with Crippen molar-refractivity contribution < 1.29 is 8.42 Å². The standard InChI is InChI=1S/C12H18ClNO2S/c1-10-4-3-5-12(8-10)17(15,16)14-9-11(2)6-7-13/h3-5,8,11,14H,6-7,9H2,1-2H3. The molecule has 0 radical (unpaired) electrons. The van der Waals surface area contributed by atoms with Gasteiger partial charge in [-0.15, -0.1) is 11.6 Å². The molecule has 0 heterocycles. The van der Waals surface area contributed by atoms with Crippen LogP contribution in [0.4, 0.5) is 0 Å². The van der Waals surface area contributed by atoms with Crippen LogP contribution in [0.25, 0.3) is 0 Å². The van der Waals surface area contributed by atoms with Crippen molar-refractivity contribution in [3.8, 4) is 0 Å². The van der Waals surface area contributed by atoms with Gasteiger partial charge in [0.2, 0.25) is 10.0 Å². The van der Waals surface area contributed by atoms with Crippen LogP contribution in [0.15, 0.2) is 29.2 Å². The summed E-state index contributed by atoms with van der Waals surface area (Å²) >= 11 is 5.61. The molecule has 0 aliphatic heterocycles. The Bertz CT molecular complexity index is 459. The van der Waals surface area contributed by atoms with Gasteiger partial charge in [0, 0.05) is 12.4 Å². The molecule has 0 bridgehead atoms. The van der Waals surface area contributed by atoms with Gasteiger partial charge in [-0.05, 0) is 37.0 Å². The molecule has 1 unspecified atom stereocenters. The van der Waals surface area contributed by atoms with Gasteiger partial charge in [0.25, 0.3) is 0 Å². The average molecular weight is 276 g/mol. The lowest BCUT2D eigenvalue weighted by molar-refractivity contribution is 0.530. The Morgan fingerprint density at radius 2 is 2.12 bits per heavy atom. The number of benzene rings is 1. The molecule has 1 aromatic carbocycles. The van der Waals surface area contributed by atoms with Crippen molar-refractivity contribution >= 4 is 21.6 Å². The van der Waals surface area contributed by atoms with Crippen LogP contribution in [0.3, 0.4) is 0 Å². The summed E-state index contributed by atoms with van der Waals surface area (Å²) in [4.78, 5) is 0.315. The summed E-state index contributed by atoms with van der Waals surface area (Å²) in [6, 6.07) is 6.87. The fourth-order valence-electron chi connectivity index (χ4n) is 1.41. The van der Waals surface area contributed by atoms with E-state index in [2.05, 4.69) is 4.72 Å². The lowest BCUT2D eigenvalue weighted by Gasteiger charge is -2.11. The van der Waals surface area contributed by atoms with Crippen LogP contribution in [-0.2, 0) is 10.0 Å². The van der Waals surface area contributed by atoms with Gasteiger partial charge >= 0.3 is 0 Å². The van der Waals surface area contributed by atoms with E-state index >= 15 is 0 Å². The molecule has 5 heteroatoms. The minimum absolute atomic E-state index is 0.243. The lowest BCUT2D eigenvalue weighted by atomic mass is 10.1. The summed E-state index contributed by atoms with van der Waals surface area (Å²) in [6.45, 7) is 4.26. The number of hydrogen-bond acceptors (Lipinski definition) is 2. The molecule has 1 aromatic rings. The molecule has 1 atom stereocenters. The zero-order valence-electron chi connectivity index (χ0n) is 10.1. The molecule has 0 fully saturated rings. The Morgan fingerprint density at radius 1 is 1.41 bits per heavy atom. The van der Waals surface area contributed by atoms with Gasteiger partial charge in [-0.1, -0.05) is 19.1 Å². The third kappa shape index (κ3) is 4.66. The fraction of sp³-hybridized carbons (Fsp3) is 0.500. The van der Waals surface area contributed by atoms with Crippen LogP contribution in [0.2, 0.25) is 0 Å². The zero-order valence-corrected chi connectivity index (χ0v) is 11.7. The van der Waals surface area contributed by atoms with Gasteiger partial charge in [-0.25, -0.2) is 13.1 Å². The Hall–Kier alpha value is -0.580. The van der Waals surface area contributed by atoms with Crippen molar-refractivity contribution in [2.24, 2.45) is 5.92 Å². The van der Waals surface area contributed by atoms with Crippen molar-refractivity contribution in [1.82, 2.24) is 4.72 Å². The normalized spacial score (nSPS) is 13.6. The highest BCUT2D eigenvalue weighted by Gasteiger charge is 2.14. The maximum atomic E-state index is 11.9. The number of alkyl halides is 1. The fourth-order valence-corrected chi connectivity index (χ4v) is 3.05. The number of nitrogens with one attached hydrogen (secondary N) is 1. The van der Waals surface area contributed by atoms with Crippen molar-refractivity contribution in [2.75, 3.05) is 12.4 Å². The molecular formula is C12H18ClNO2S. The third-order valence-corrected chi connectivity index (χ3v) is 4.16. The number of sulfonamides is 1. The first kappa shape index (κ1) is 14.5. The van der Waals surface area contributed by atoms with E-state index in [4.69, 9.17) is 11.6 Å². The first-order valence-electron chi connectivity index (χ1n) is 5.58. The van der Waals surface area contributed by atoms with Crippen LogP contribution in [-0.4, -0.2) is 20.8 Å². The quantitative estimate of drug-likeness (QED) is 0.811. The Morgan fingerprint density at radius 3 is 2.71 bits per heavy atom. The van der Waals surface area contributed by atoms with Gasteiger partial charge in [0.15, 0.2) is 0 Å². The highest BCUT2D eigenvalue weighted by Crippen LogP contribution is 2.11. The Kier molecular flexibility index (Phi) is 5.43. The van der Waals surface area contributed by atoms with E-state index in [-0.39, 0.29) is 5.92 Å². The van der Waals surface area contributed by atoms with Crippen LogP contribution in [0.1, 0.15) is 18.9 Å². The molecule has 0 aliphatic carbocycles. The predicted octanol–water partition coefficient (Wildman–Crippen LogP) is 2.54. The summed E-state index contributed by atoms with van der Waals surface area (Å²) in [5.74, 6) is 0.792. The molecule has 0 saturated carbocycles. The van der Waals surface area contributed by atoms with E-state index in [0.29, 0.717) is 17.3 Å². The van der Waals surface area contributed by atoms with E-state index < -0.39 is 10.0 Å². The number of halogens is 1. The van der Waals surface area contributed by atoms with Gasteiger partial charge in [-0.3, -0.25) is 0 Å². The second-order valence-corrected chi connectivity index (χ2v) is 6.40. The minimum atomic E-state index is -3.39.